The first-order valence-corrected chi connectivity index (χ1v) is 9.35. The minimum absolute atomic E-state index is 0.0526. The van der Waals surface area contributed by atoms with Crippen LogP contribution in [0.4, 0.5) is 14.5 Å². The maximum Gasteiger partial charge on any atom is 0.231 e. The molecule has 0 radical (unpaired) electrons. The molecule has 3 rings (SSSR count). The maximum atomic E-state index is 12.9. The van der Waals surface area contributed by atoms with Crippen molar-refractivity contribution in [3.63, 3.8) is 0 Å². The first kappa shape index (κ1) is 22.1. The number of rotatable bonds is 5. The Balaban J connectivity index is 0.000000211. The van der Waals surface area contributed by atoms with E-state index in [0.717, 1.165) is 23.4 Å². The molecule has 0 saturated heterocycles. The SMILES string of the molecule is C=C(CC)C(C)C(=O)Nc1ccc(F)cc1.CNC1=C2C=C(F)C=CC2N=CN1. The Morgan fingerprint density at radius 3 is 2.62 bits per heavy atom. The summed E-state index contributed by atoms with van der Waals surface area (Å²) in [5.41, 5.74) is 2.33. The third kappa shape index (κ3) is 6.14. The van der Waals surface area contributed by atoms with Crippen molar-refractivity contribution in [2.24, 2.45) is 10.9 Å². The van der Waals surface area contributed by atoms with Gasteiger partial charge in [-0.2, -0.15) is 0 Å². The van der Waals surface area contributed by atoms with Gasteiger partial charge in [0.25, 0.3) is 0 Å². The van der Waals surface area contributed by atoms with E-state index in [1.807, 2.05) is 13.8 Å². The van der Waals surface area contributed by atoms with Gasteiger partial charge in [-0.15, -0.1) is 0 Å². The van der Waals surface area contributed by atoms with Crippen LogP contribution in [-0.4, -0.2) is 25.3 Å². The molecule has 2 atom stereocenters. The van der Waals surface area contributed by atoms with Crippen molar-refractivity contribution in [1.82, 2.24) is 10.6 Å². The Kier molecular flexibility index (Phi) is 7.88. The molecule has 1 aromatic rings. The summed E-state index contributed by atoms with van der Waals surface area (Å²) in [5, 5.41) is 8.59. The number of anilines is 1. The van der Waals surface area contributed by atoms with Crippen LogP contribution in [-0.2, 0) is 4.79 Å². The molecule has 3 N–H and O–H groups in total. The summed E-state index contributed by atoms with van der Waals surface area (Å²) >= 11 is 0. The lowest BCUT2D eigenvalue weighted by molar-refractivity contribution is -0.118. The lowest BCUT2D eigenvalue weighted by Gasteiger charge is -2.22. The number of nitrogens with one attached hydrogen (secondary N) is 3. The summed E-state index contributed by atoms with van der Waals surface area (Å²) < 4.78 is 25.5. The molecule has 1 aromatic carbocycles. The van der Waals surface area contributed by atoms with Crippen molar-refractivity contribution in [3.8, 4) is 0 Å². The van der Waals surface area contributed by atoms with Crippen molar-refractivity contribution < 1.29 is 13.6 Å². The van der Waals surface area contributed by atoms with Gasteiger partial charge in [0.15, 0.2) is 0 Å². The van der Waals surface area contributed by atoms with Crippen molar-refractivity contribution in [3.05, 3.63) is 77.7 Å². The normalized spacial score (nSPS) is 17.8. The maximum absolute atomic E-state index is 12.9. The molecule has 1 amide bonds. The number of benzene rings is 1. The second kappa shape index (κ2) is 10.4. The van der Waals surface area contributed by atoms with E-state index < -0.39 is 0 Å². The molecule has 1 heterocycles. The number of hydrogen-bond acceptors (Lipinski definition) is 4. The van der Waals surface area contributed by atoms with Gasteiger partial charge in [0.05, 0.1) is 18.3 Å². The number of hydrogen-bond donors (Lipinski definition) is 3. The van der Waals surface area contributed by atoms with Crippen LogP contribution >= 0.6 is 0 Å². The molecule has 0 fully saturated rings. The molecular formula is C22H26F2N4O. The van der Waals surface area contributed by atoms with Crippen LogP contribution in [0.25, 0.3) is 0 Å². The van der Waals surface area contributed by atoms with Crippen LogP contribution in [0.15, 0.2) is 76.9 Å². The van der Waals surface area contributed by atoms with Gasteiger partial charge in [0.1, 0.15) is 17.5 Å². The van der Waals surface area contributed by atoms with Gasteiger partial charge in [-0.1, -0.05) is 25.2 Å². The largest absolute Gasteiger partial charge is 0.374 e. The van der Waals surface area contributed by atoms with E-state index in [9.17, 15) is 13.6 Å². The highest BCUT2D eigenvalue weighted by molar-refractivity contribution is 5.93. The summed E-state index contributed by atoms with van der Waals surface area (Å²) in [6.07, 6.45) is 7.04. The van der Waals surface area contributed by atoms with E-state index in [4.69, 9.17) is 0 Å². The van der Waals surface area contributed by atoms with E-state index in [1.54, 1.807) is 19.5 Å². The number of carbonyl (C=O) groups excluding carboxylic acids is 1. The summed E-state index contributed by atoms with van der Waals surface area (Å²) in [6.45, 7) is 7.60. The highest BCUT2D eigenvalue weighted by Crippen LogP contribution is 2.22. The van der Waals surface area contributed by atoms with E-state index in [2.05, 4.69) is 27.5 Å². The van der Waals surface area contributed by atoms with Gasteiger partial charge in [-0.25, -0.2) is 8.78 Å². The predicted octanol–water partition coefficient (Wildman–Crippen LogP) is 4.21. The Bertz CT molecular complexity index is 869. The smallest absolute Gasteiger partial charge is 0.231 e. The van der Waals surface area contributed by atoms with Gasteiger partial charge in [0.2, 0.25) is 5.91 Å². The zero-order chi connectivity index (χ0) is 21.4. The van der Waals surface area contributed by atoms with Crippen LogP contribution in [0.3, 0.4) is 0 Å². The average Bonchev–Trinajstić information content (AvgIpc) is 2.74. The molecule has 1 aliphatic heterocycles. The predicted molar refractivity (Wildman–Crippen MR) is 113 cm³/mol. The van der Waals surface area contributed by atoms with Crippen LogP contribution in [0.1, 0.15) is 20.3 Å². The monoisotopic (exact) mass is 400 g/mol. The quantitative estimate of drug-likeness (QED) is 0.649. The molecular weight excluding hydrogens is 374 g/mol. The van der Waals surface area contributed by atoms with Crippen molar-refractivity contribution in [1.29, 1.82) is 0 Å². The van der Waals surface area contributed by atoms with Gasteiger partial charge in [-0.3, -0.25) is 9.79 Å². The molecule has 0 bridgehead atoms. The Hall–Kier alpha value is -3.22. The zero-order valence-electron chi connectivity index (χ0n) is 16.8. The Labute approximate surface area is 170 Å². The number of nitrogens with zero attached hydrogens (tertiary/aromatic N) is 1. The molecule has 2 unspecified atom stereocenters. The summed E-state index contributed by atoms with van der Waals surface area (Å²) in [5.74, 6) is -0.0880. The Morgan fingerprint density at radius 1 is 1.31 bits per heavy atom. The highest BCUT2D eigenvalue weighted by Gasteiger charge is 2.19. The van der Waals surface area contributed by atoms with E-state index in [1.165, 1.54) is 36.4 Å². The van der Waals surface area contributed by atoms with Gasteiger partial charge in [0, 0.05) is 18.3 Å². The molecule has 7 heteroatoms. The van der Waals surface area contributed by atoms with Crippen molar-refractivity contribution in [2.75, 3.05) is 12.4 Å². The topological polar surface area (TPSA) is 65.5 Å². The number of halogens is 2. The Morgan fingerprint density at radius 2 is 2.00 bits per heavy atom. The fourth-order valence-corrected chi connectivity index (χ4v) is 2.68. The molecule has 0 saturated carbocycles. The lowest BCUT2D eigenvalue weighted by atomic mass is 10.00. The fraction of sp³-hybridized carbons (Fsp3) is 0.273. The third-order valence-corrected chi connectivity index (χ3v) is 4.60. The molecule has 29 heavy (non-hydrogen) atoms. The lowest BCUT2D eigenvalue weighted by Crippen LogP contribution is -2.31. The fourth-order valence-electron chi connectivity index (χ4n) is 2.68. The van der Waals surface area contributed by atoms with E-state index in [0.29, 0.717) is 5.69 Å². The molecule has 154 valence electrons. The van der Waals surface area contributed by atoms with Gasteiger partial charge >= 0.3 is 0 Å². The van der Waals surface area contributed by atoms with Crippen LogP contribution < -0.4 is 16.0 Å². The number of allylic oxidation sites excluding steroid dienone is 2. The molecule has 2 aliphatic rings. The van der Waals surface area contributed by atoms with Crippen LogP contribution in [0.5, 0.6) is 0 Å². The first-order chi connectivity index (χ1) is 13.8. The van der Waals surface area contributed by atoms with E-state index >= 15 is 0 Å². The van der Waals surface area contributed by atoms with Crippen LogP contribution in [0, 0.1) is 11.7 Å². The van der Waals surface area contributed by atoms with Crippen LogP contribution in [0.2, 0.25) is 0 Å². The van der Waals surface area contributed by atoms with Crippen molar-refractivity contribution >= 4 is 17.9 Å². The standard InChI is InChI=1S/C13H16FNO.C9H10FN3/c1-4-9(2)10(3)13(16)15-12-7-5-11(14)6-8-12;1-11-9-7-4-6(10)2-3-8(7)12-5-13-9/h5-8,10H,2,4H2,1,3H3,(H,15,16);2-5,8,11H,1H3,(H,12,13). The molecule has 0 spiro atoms. The molecule has 1 aliphatic carbocycles. The first-order valence-electron chi connectivity index (χ1n) is 9.35. The summed E-state index contributed by atoms with van der Waals surface area (Å²) in [6, 6.07) is 5.65. The van der Waals surface area contributed by atoms with E-state index in [-0.39, 0.29) is 29.5 Å². The average molecular weight is 400 g/mol. The summed E-state index contributed by atoms with van der Waals surface area (Å²) in [7, 11) is 1.79. The minimum Gasteiger partial charge on any atom is -0.374 e. The van der Waals surface area contributed by atoms with Gasteiger partial charge in [-0.05, 0) is 49.8 Å². The number of carbonyl (C=O) groups is 1. The zero-order valence-corrected chi connectivity index (χ0v) is 16.8. The number of amides is 1. The van der Waals surface area contributed by atoms with Crippen molar-refractivity contribution in [2.45, 2.75) is 26.3 Å². The second-order valence-corrected chi connectivity index (χ2v) is 6.57. The third-order valence-electron chi connectivity index (χ3n) is 4.60. The second-order valence-electron chi connectivity index (χ2n) is 6.57. The minimum atomic E-state index is -0.316. The highest BCUT2D eigenvalue weighted by atomic mass is 19.1. The molecule has 0 aromatic heterocycles. The summed E-state index contributed by atoms with van der Waals surface area (Å²) in [4.78, 5) is 15.9. The van der Waals surface area contributed by atoms with Gasteiger partial charge < -0.3 is 16.0 Å². The number of aliphatic imine (C=N–C) groups is 1. The number of fused-ring (bicyclic) bond motifs is 1. The molecule has 5 nitrogen and oxygen atoms in total.